The molecule has 0 aliphatic heterocycles. The predicted octanol–water partition coefficient (Wildman–Crippen LogP) is 4.14. The van der Waals surface area contributed by atoms with Crippen molar-refractivity contribution < 1.29 is 30.0 Å². The summed E-state index contributed by atoms with van der Waals surface area (Å²) in [5.41, 5.74) is 7.33. The zero-order chi connectivity index (χ0) is 20.3. The van der Waals surface area contributed by atoms with Crippen molar-refractivity contribution in [1.82, 2.24) is 19.7 Å². The molecule has 151 valence electrons. The van der Waals surface area contributed by atoms with Gasteiger partial charge in [0.1, 0.15) is 0 Å². The minimum Gasteiger partial charge on any atom is -0.476 e. The van der Waals surface area contributed by atoms with E-state index in [-0.39, 0.29) is 25.8 Å². The number of carboxylic acids is 1. The first-order chi connectivity index (χ1) is 13.3. The van der Waals surface area contributed by atoms with Gasteiger partial charge in [0.05, 0.1) is 11.0 Å². The second-order valence-electron chi connectivity index (χ2n) is 6.54. The number of aromatic nitrogens is 4. The zero-order valence-corrected chi connectivity index (χ0v) is 19.0. The minimum absolute atomic E-state index is 0. The van der Waals surface area contributed by atoms with E-state index < -0.39 is 5.97 Å². The molecule has 0 bridgehead atoms. The summed E-state index contributed by atoms with van der Waals surface area (Å²) in [4.78, 5) is 19.6. The number of nitrogens with zero attached hydrogens (tertiary/aromatic N) is 4. The van der Waals surface area contributed by atoms with Crippen LogP contribution < -0.4 is 0 Å². The standard InChI is InChI=1S/C17H15N2.C5H6N2O2.Ir/c1-11-9-15-16(10-12(11)2)19-17(13(3)18-15)14-7-5-4-6-8-14;1-7-3-2-4(6-7)5(8)9;/h4-7,9-10H,1-3H3;2-3H,1H3,(H,8,9);/q-1;;. The van der Waals surface area contributed by atoms with E-state index >= 15 is 0 Å². The number of aromatic carboxylic acids is 1. The van der Waals surface area contributed by atoms with Crippen LogP contribution in [0.5, 0.6) is 0 Å². The van der Waals surface area contributed by atoms with E-state index in [1.165, 1.54) is 21.9 Å². The molecule has 2 heterocycles. The van der Waals surface area contributed by atoms with Crippen molar-refractivity contribution in [2.75, 3.05) is 0 Å². The Morgan fingerprint density at radius 2 is 1.69 bits per heavy atom. The monoisotopic (exact) mass is 566 g/mol. The van der Waals surface area contributed by atoms with Gasteiger partial charge in [-0.05, 0) is 50.1 Å². The summed E-state index contributed by atoms with van der Waals surface area (Å²) in [6.07, 6.45) is 1.59. The normalized spacial score (nSPS) is 10.1. The van der Waals surface area contributed by atoms with E-state index in [9.17, 15) is 4.79 Å². The fourth-order valence-electron chi connectivity index (χ4n) is 2.72. The van der Waals surface area contributed by atoms with Crippen LogP contribution in [0.25, 0.3) is 22.3 Å². The van der Waals surface area contributed by atoms with Gasteiger partial charge in [-0.15, -0.1) is 35.9 Å². The third kappa shape index (κ3) is 5.34. The van der Waals surface area contributed by atoms with Gasteiger partial charge in [-0.3, -0.25) is 14.6 Å². The van der Waals surface area contributed by atoms with Gasteiger partial charge in [0.25, 0.3) is 0 Å². The van der Waals surface area contributed by atoms with Gasteiger partial charge in [-0.2, -0.15) is 5.10 Å². The molecule has 4 aromatic rings. The SMILES string of the molecule is Cc1cc2nc(C)c(-c3[c-]cccc3)nc2cc1C.Cn1ccc(C(=O)O)n1.[Ir]. The van der Waals surface area contributed by atoms with Crippen molar-refractivity contribution in [2.24, 2.45) is 7.05 Å². The zero-order valence-electron chi connectivity index (χ0n) is 16.6. The molecule has 1 radical (unpaired) electrons. The Morgan fingerprint density at radius 3 is 2.17 bits per heavy atom. The van der Waals surface area contributed by atoms with E-state index in [0.717, 1.165) is 28.0 Å². The van der Waals surface area contributed by atoms with Crippen molar-refractivity contribution in [1.29, 1.82) is 0 Å². The van der Waals surface area contributed by atoms with Crippen LogP contribution in [0.4, 0.5) is 0 Å². The number of rotatable bonds is 2. The minimum atomic E-state index is -0.990. The van der Waals surface area contributed by atoms with Crippen LogP contribution in [0.2, 0.25) is 0 Å². The average molecular weight is 566 g/mol. The second kappa shape index (κ2) is 9.54. The van der Waals surface area contributed by atoms with Gasteiger partial charge >= 0.3 is 5.97 Å². The molecule has 0 fully saturated rings. The van der Waals surface area contributed by atoms with E-state index in [0.29, 0.717) is 0 Å². The Bertz CT molecular complexity index is 1140. The Morgan fingerprint density at radius 1 is 1.03 bits per heavy atom. The largest absolute Gasteiger partial charge is 0.476 e. The van der Waals surface area contributed by atoms with Crippen LogP contribution >= 0.6 is 0 Å². The maximum Gasteiger partial charge on any atom is 0.356 e. The number of fused-ring (bicyclic) bond motifs is 1. The quantitative estimate of drug-likeness (QED) is 0.370. The van der Waals surface area contributed by atoms with Crippen LogP contribution in [0.15, 0.2) is 48.7 Å². The number of carboxylic acid groups (broad SMARTS) is 1. The second-order valence-corrected chi connectivity index (χ2v) is 6.54. The van der Waals surface area contributed by atoms with E-state index in [1.54, 1.807) is 13.2 Å². The predicted molar refractivity (Wildman–Crippen MR) is 108 cm³/mol. The maximum atomic E-state index is 10.1. The molecule has 2 aromatic heterocycles. The molecule has 0 saturated heterocycles. The molecule has 4 rings (SSSR count). The van der Waals surface area contributed by atoms with E-state index in [4.69, 9.17) is 10.1 Å². The van der Waals surface area contributed by atoms with E-state index in [1.807, 2.05) is 31.2 Å². The topological polar surface area (TPSA) is 80.9 Å². The van der Waals surface area contributed by atoms with Crippen LogP contribution in [0, 0.1) is 26.8 Å². The third-order valence-electron chi connectivity index (χ3n) is 4.35. The van der Waals surface area contributed by atoms with Gasteiger partial charge in [-0.25, -0.2) is 4.79 Å². The van der Waals surface area contributed by atoms with Crippen LogP contribution in [-0.2, 0) is 27.2 Å². The summed E-state index contributed by atoms with van der Waals surface area (Å²) in [7, 11) is 1.67. The molecule has 0 aliphatic rings. The third-order valence-corrected chi connectivity index (χ3v) is 4.35. The van der Waals surface area contributed by atoms with Crippen LogP contribution in [-0.4, -0.2) is 30.8 Å². The molecule has 6 nitrogen and oxygen atoms in total. The van der Waals surface area contributed by atoms with E-state index in [2.05, 4.69) is 42.1 Å². The molecule has 0 spiro atoms. The summed E-state index contributed by atoms with van der Waals surface area (Å²) in [5.74, 6) is -0.990. The molecule has 0 atom stereocenters. The van der Waals surface area contributed by atoms with Crippen molar-refractivity contribution in [3.8, 4) is 11.3 Å². The number of hydrogen-bond donors (Lipinski definition) is 1. The van der Waals surface area contributed by atoms with Crippen molar-refractivity contribution in [3.05, 3.63) is 77.2 Å². The summed E-state index contributed by atoms with van der Waals surface area (Å²) in [6, 6.07) is 16.7. The van der Waals surface area contributed by atoms with Crippen molar-refractivity contribution in [2.45, 2.75) is 20.8 Å². The van der Waals surface area contributed by atoms with Gasteiger partial charge in [0.15, 0.2) is 5.69 Å². The summed E-state index contributed by atoms with van der Waals surface area (Å²) in [6.45, 7) is 6.20. The first-order valence-electron chi connectivity index (χ1n) is 8.81. The number of benzene rings is 2. The van der Waals surface area contributed by atoms with Crippen molar-refractivity contribution in [3.63, 3.8) is 0 Å². The first kappa shape index (κ1) is 22.4. The van der Waals surface area contributed by atoms with Gasteiger partial charge in [-0.1, -0.05) is 0 Å². The van der Waals surface area contributed by atoms with Gasteiger partial charge in [0, 0.05) is 44.7 Å². The van der Waals surface area contributed by atoms with Gasteiger partial charge in [0.2, 0.25) is 0 Å². The van der Waals surface area contributed by atoms with Crippen LogP contribution in [0.3, 0.4) is 0 Å². The Kier molecular flexibility index (Phi) is 7.37. The fourth-order valence-corrected chi connectivity index (χ4v) is 2.72. The van der Waals surface area contributed by atoms with Gasteiger partial charge < -0.3 is 5.11 Å². The smallest absolute Gasteiger partial charge is 0.356 e. The Labute approximate surface area is 183 Å². The van der Waals surface area contributed by atoms with Crippen molar-refractivity contribution >= 4 is 17.0 Å². The summed E-state index contributed by atoms with van der Waals surface area (Å²) < 4.78 is 1.45. The first-order valence-corrected chi connectivity index (χ1v) is 8.81. The molecule has 0 amide bonds. The summed E-state index contributed by atoms with van der Waals surface area (Å²) >= 11 is 0. The molecular formula is C22H21IrN4O2-. The Hall–Kier alpha value is -2.89. The Balaban J connectivity index is 0.000000255. The molecule has 29 heavy (non-hydrogen) atoms. The molecule has 0 saturated carbocycles. The molecule has 1 N–H and O–H groups in total. The number of hydrogen-bond acceptors (Lipinski definition) is 4. The molecule has 2 aromatic carbocycles. The molecule has 7 heteroatoms. The maximum absolute atomic E-state index is 10.1. The molecule has 0 unspecified atom stereocenters. The molecular weight excluding hydrogens is 544 g/mol. The molecule has 0 aliphatic carbocycles. The average Bonchev–Trinajstić information content (AvgIpc) is 3.11. The van der Waals surface area contributed by atoms with Crippen LogP contribution in [0.1, 0.15) is 27.3 Å². The number of aryl methyl sites for hydroxylation is 4. The number of carbonyl (C=O) groups is 1. The fraction of sp³-hybridized carbons (Fsp3) is 0.182. The summed E-state index contributed by atoms with van der Waals surface area (Å²) in [5, 5.41) is 11.9.